The van der Waals surface area contributed by atoms with Gasteiger partial charge >= 0.3 is 11.9 Å². The van der Waals surface area contributed by atoms with Crippen LogP contribution in [0.15, 0.2) is 12.2 Å². The van der Waals surface area contributed by atoms with Crippen LogP contribution >= 0.6 is 31.9 Å². The van der Waals surface area contributed by atoms with Gasteiger partial charge in [-0.1, -0.05) is 31.9 Å². The van der Waals surface area contributed by atoms with E-state index in [2.05, 4.69) is 31.9 Å². The van der Waals surface area contributed by atoms with Gasteiger partial charge in [0.25, 0.3) is 0 Å². The first-order valence-electron chi connectivity index (χ1n) is 6.83. The highest BCUT2D eigenvalue weighted by atomic mass is 79.9. The highest BCUT2D eigenvalue weighted by Crippen LogP contribution is 2.31. The summed E-state index contributed by atoms with van der Waals surface area (Å²) in [7, 11) is 0. The van der Waals surface area contributed by atoms with Crippen molar-refractivity contribution in [3.63, 3.8) is 0 Å². The zero-order valence-corrected chi connectivity index (χ0v) is 15.1. The van der Waals surface area contributed by atoms with Gasteiger partial charge in [-0.25, -0.2) is 9.59 Å². The molecule has 0 aliphatic carbocycles. The van der Waals surface area contributed by atoms with Gasteiger partial charge < -0.3 is 10.2 Å². The zero-order valence-electron chi connectivity index (χ0n) is 11.9. The molecule has 2 aliphatic rings. The minimum Gasteiger partial charge on any atom is -0.478 e. The second kappa shape index (κ2) is 8.26. The van der Waals surface area contributed by atoms with Crippen LogP contribution in [0.3, 0.4) is 0 Å². The van der Waals surface area contributed by atoms with Gasteiger partial charge in [0.1, 0.15) is 26.2 Å². The van der Waals surface area contributed by atoms with E-state index in [9.17, 15) is 9.59 Å². The SMILES string of the molecule is BrCC[N+]12CC[N+](CCBr)(CC1)C2.O=C(O)/C=C/C(=O)O. The van der Waals surface area contributed by atoms with E-state index in [-0.39, 0.29) is 0 Å². The van der Waals surface area contributed by atoms with Gasteiger partial charge in [-0.2, -0.15) is 0 Å². The lowest BCUT2D eigenvalue weighted by molar-refractivity contribution is -0.985. The first kappa shape index (κ1) is 18.6. The summed E-state index contributed by atoms with van der Waals surface area (Å²) in [5.41, 5.74) is 0. The number of hydrogen-bond acceptors (Lipinski definition) is 2. The molecule has 0 unspecified atom stereocenters. The molecule has 2 N–H and O–H groups in total. The van der Waals surface area contributed by atoms with Crippen molar-refractivity contribution in [1.82, 2.24) is 0 Å². The smallest absolute Gasteiger partial charge is 0.328 e. The Labute approximate surface area is 141 Å². The molecule has 21 heavy (non-hydrogen) atoms. The van der Waals surface area contributed by atoms with E-state index in [0.717, 1.165) is 0 Å². The highest BCUT2D eigenvalue weighted by molar-refractivity contribution is 9.09. The maximum absolute atomic E-state index is 9.55. The van der Waals surface area contributed by atoms with E-state index >= 15 is 0 Å². The number of carboxylic acids is 2. The normalized spacial score (nSPS) is 30.2. The fourth-order valence-electron chi connectivity index (χ4n) is 3.08. The number of hydrogen-bond donors (Lipinski definition) is 2. The maximum atomic E-state index is 9.55. The second-order valence-electron chi connectivity index (χ2n) is 5.55. The number of fused-ring (bicyclic) bond motifs is 2. The number of carbonyl (C=O) groups is 2. The predicted octanol–water partition coefficient (Wildman–Crippen LogP) is 1.11. The Morgan fingerprint density at radius 2 is 1.19 bits per heavy atom. The Morgan fingerprint density at radius 1 is 0.857 bits per heavy atom. The molecule has 0 radical (unpaired) electrons. The van der Waals surface area contributed by atoms with Crippen LogP contribution in [-0.4, -0.2) is 87.7 Å². The van der Waals surface area contributed by atoms with Crippen molar-refractivity contribution in [2.75, 3.05) is 56.6 Å². The van der Waals surface area contributed by atoms with E-state index in [1.165, 1.54) is 65.6 Å². The van der Waals surface area contributed by atoms with Crippen LogP contribution < -0.4 is 0 Å². The zero-order chi connectivity index (χ0) is 15.9. The number of rotatable bonds is 6. The van der Waals surface area contributed by atoms with Gasteiger partial charge in [0, 0.05) is 12.2 Å². The largest absolute Gasteiger partial charge is 0.478 e. The molecule has 0 aromatic heterocycles. The number of nitrogens with zero attached hydrogens (tertiary/aromatic N) is 2. The van der Waals surface area contributed by atoms with Crippen molar-refractivity contribution in [3.8, 4) is 0 Å². The van der Waals surface area contributed by atoms with E-state index in [1.807, 2.05) is 0 Å². The van der Waals surface area contributed by atoms with Crippen LogP contribution in [0.1, 0.15) is 0 Å². The molecule has 0 amide bonds. The molecule has 0 spiro atoms. The summed E-state index contributed by atoms with van der Waals surface area (Å²) in [5.74, 6) is -2.51. The Bertz CT molecular complexity index is 371. The number of halogens is 2. The van der Waals surface area contributed by atoms with Crippen LogP contribution in [0.4, 0.5) is 0 Å². The molecule has 2 aliphatic heterocycles. The van der Waals surface area contributed by atoms with E-state index < -0.39 is 11.9 Å². The molecule has 2 rings (SSSR count). The van der Waals surface area contributed by atoms with Gasteiger partial charge in [0.15, 0.2) is 0 Å². The molecule has 0 atom stereocenters. The van der Waals surface area contributed by atoms with Crippen LogP contribution in [-0.2, 0) is 9.59 Å². The molecule has 0 aromatic carbocycles. The minimum atomic E-state index is -1.26. The third kappa shape index (κ3) is 5.69. The van der Waals surface area contributed by atoms with E-state index in [4.69, 9.17) is 10.2 Å². The molecule has 0 saturated carbocycles. The van der Waals surface area contributed by atoms with Crippen LogP contribution in [0, 0.1) is 0 Å². The van der Waals surface area contributed by atoms with Crippen LogP contribution in [0.2, 0.25) is 0 Å². The Balaban J connectivity index is 0.000000240. The highest BCUT2D eigenvalue weighted by Gasteiger charge is 2.54. The van der Waals surface area contributed by atoms with Crippen molar-refractivity contribution in [3.05, 3.63) is 12.2 Å². The third-order valence-corrected chi connectivity index (χ3v) is 4.89. The summed E-state index contributed by atoms with van der Waals surface area (Å²) in [6, 6.07) is 0. The molecular formula is C13H22Br2N2O4+2. The van der Waals surface area contributed by atoms with Crippen LogP contribution in [0.5, 0.6) is 0 Å². The first-order valence-corrected chi connectivity index (χ1v) is 9.07. The quantitative estimate of drug-likeness (QED) is 0.376. The maximum Gasteiger partial charge on any atom is 0.328 e. The fourth-order valence-corrected chi connectivity index (χ4v) is 4.59. The van der Waals surface area contributed by atoms with E-state index in [1.54, 1.807) is 0 Å². The molecule has 6 nitrogen and oxygen atoms in total. The van der Waals surface area contributed by atoms with Gasteiger partial charge in [-0.15, -0.1) is 0 Å². The van der Waals surface area contributed by atoms with Crippen molar-refractivity contribution >= 4 is 43.8 Å². The lowest BCUT2D eigenvalue weighted by atomic mass is 10.3. The molecule has 0 aromatic rings. The van der Waals surface area contributed by atoms with Gasteiger partial charge in [0.05, 0.1) is 23.7 Å². The minimum absolute atomic E-state index is 0.558. The first-order chi connectivity index (χ1) is 9.87. The monoisotopic (exact) mass is 428 g/mol. The number of piperazine rings is 1. The number of quaternary nitrogens is 2. The molecule has 2 bridgehead atoms. The molecule has 2 saturated heterocycles. The van der Waals surface area contributed by atoms with Crippen molar-refractivity contribution in [1.29, 1.82) is 0 Å². The summed E-state index contributed by atoms with van der Waals surface area (Å²) in [6.07, 6.45) is 1.12. The number of carboxylic acid groups (broad SMARTS) is 2. The summed E-state index contributed by atoms with van der Waals surface area (Å²) in [4.78, 5) is 19.1. The lowest BCUT2D eigenvalue weighted by Gasteiger charge is -2.26. The molecule has 8 heteroatoms. The third-order valence-electron chi connectivity index (χ3n) is 4.18. The average Bonchev–Trinajstić information content (AvgIpc) is 2.93. The summed E-state index contributed by atoms with van der Waals surface area (Å²) in [6.45, 7) is 9.73. The Morgan fingerprint density at radius 3 is 1.43 bits per heavy atom. The predicted molar refractivity (Wildman–Crippen MR) is 86.6 cm³/mol. The van der Waals surface area contributed by atoms with Gasteiger partial charge in [-0.05, 0) is 0 Å². The molecule has 2 heterocycles. The summed E-state index contributed by atoms with van der Waals surface area (Å²) < 4.78 is 2.77. The molecule has 2 fully saturated rings. The van der Waals surface area contributed by atoms with Crippen LogP contribution in [0.25, 0.3) is 0 Å². The molecular weight excluding hydrogens is 408 g/mol. The van der Waals surface area contributed by atoms with Gasteiger partial charge in [0.2, 0.25) is 6.67 Å². The van der Waals surface area contributed by atoms with Crippen molar-refractivity contribution in [2.45, 2.75) is 0 Å². The summed E-state index contributed by atoms with van der Waals surface area (Å²) in [5, 5.41) is 18.0. The summed E-state index contributed by atoms with van der Waals surface area (Å²) >= 11 is 7.16. The number of alkyl halides is 2. The van der Waals surface area contributed by atoms with Gasteiger partial charge in [-0.3, -0.25) is 8.97 Å². The average molecular weight is 430 g/mol. The topological polar surface area (TPSA) is 74.6 Å². The lowest BCUT2D eigenvalue weighted by Crippen LogP contribution is -2.48. The Hall–Kier alpha value is -0.440. The second-order valence-corrected chi connectivity index (χ2v) is 7.14. The fraction of sp³-hybridized carbons (Fsp3) is 0.692. The van der Waals surface area contributed by atoms with Crippen molar-refractivity contribution in [2.24, 2.45) is 0 Å². The standard InChI is InChI=1S/C9H18Br2N2.C4H4O4/c10-1-3-12-5-7-13(9-12,4-2-11)8-6-12;5-3(6)1-2-4(7)8/h1-9H2;1-2H,(H,5,6)(H,7,8)/q+2;/b;2-1+. The number of aliphatic carboxylic acids is 2. The Kier molecular flexibility index (Phi) is 7.32. The van der Waals surface area contributed by atoms with Crippen molar-refractivity contribution < 1.29 is 28.8 Å². The molecule has 120 valence electrons. The van der Waals surface area contributed by atoms with E-state index in [0.29, 0.717) is 12.2 Å².